The van der Waals surface area contributed by atoms with Crippen LogP contribution in [0.2, 0.25) is 10.0 Å². The topological polar surface area (TPSA) is 29.3 Å². The summed E-state index contributed by atoms with van der Waals surface area (Å²) in [7, 11) is 2.10. The summed E-state index contributed by atoms with van der Waals surface area (Å²) in [5.74, 6) is 0.407. The van der Waals surface area contributed by atoms with Gasteiger partial charge in [-0.2, -0.15) is 0 Å². The first-order valence-electron chi connectivity index (χ1n) is 5.97. The minimum absolute atomic E-state index is 0.379. The molecule has 1 aromatic rings. The first-order valence-corrected chi connectivity index (χ1v) is 6.73. The highest BCUT2D eigenvalue weighted by Gasteiger charge is 2.53. The van der Waals surface area contributed by atoms with Crippen molar-refractivity contribution in [3.05, 3.63) is 27.7 Å². The van der Waals surface area contributed by atoms with Crippen molar-refractivity contribution in [1.82, 2.24) is 0 Å². The molecule has 1 spiro atoms. The van der Waals surface area contributed by atoms with Gasteiger partial charge in [-0.05, 0) is 42.5 Å². The van der Waals surface area contributed by atoms with Crippen LogP contribution in [0.3, 0.4) is 0 Å². The number of halogens is 2. The number of benzene rings is 1. The van der Waals surface area contributed by atoms with Crippen LogP contribution in [0.4, 0.5) is 5.69 Å². The zero-order valence-electron chi connectivity index (χ0n) is 9.84. The van der Waals surface area contributed by atoms with Crippen molar-refractivity contribution in [3.63, 3.8) is 0 Å². The summed E-state index contributed by atoms with van der Waals surface area (Å²) in [6.07, 6.45) is 2.53. The van der Waals surface area contributed by atoms with Gasteiger partial charge in [0.2, 0.25) is 0 Å². The molecule has 2 N–H and O–H groups in total. The van der Waals surface area contributed by atoms with E-state index in [1.54, 1.807) is 0 Å². The largest absolute Gasteiger partial charge is 0.373 e. The Kier molecular flexibility index (Phi) is 2.58. The summed E-state index contributed by atoms with van der Waals surface area (Å²) in [5.41, 5.74) is 8.70. The monoisotopic (exact) mass is 270 g/mol. The zero-order chi connectivity index (χ0) is 12.2. The molecule has 0 bridgehead atoms. The molecular weight excluding hydrogens is 255 g/mol. The van der Waals surface area contributed by atoms with E-state index < -0.39 is 0 Å². The first kappa shape index (κ1) is 11.6. The van der Waals surface area contributed by atoms with Crippen molar-refractivity contribution in [2.24, 2.45) is 11.1 Å². The minimum atomic E-state index is 0.379. The molecule has 1 aliphatic heterocycles. The van der Waals surface area contributed by atoms with E-state index in [2.05, 4.69) is 11.9 Å². The summed E-state index contributed by atoms with van der Waals surface area (Å²) < 4.78 is 0. The quantitative estimate of drug-likeness (QED) is 0.849. The smallest absolute Gasteiger partial charge is 0.0657 e. The minimum Gasteiger partial charge on any atom is -0.373 e. The molecule has 1 aliphatic carbocycles. The van der Waals surface area contributed by atoms with Crippen LogP contribution in [0.1, 0.15) is 24.3 Å². The third-order valence-electron chi connectivity index (χ3n) is 4.23. The lowest BCUT2D eigenvalue weighted by Gasteiger charge is -2.40. The van der Waals surface area contributed by atoms with Crippen molar-refractivity contribution in [1.29, 1.82) is 0 Å². The Labute approximate surface area is 112 Å². The number of nitrogens with two attached hydrogens (primary N) is 1. The summed E-state index contributed by atoms with van der Waals surface area (Å²) in [6, 6.07) is 3.85. The number of hydrogen-bond acceptors (Lipinski definition) is 2. The Morgan fingerprint density at radius 1 is 1.41 bits per heavy atom. The van der Waals surface area contributed by atoms with Gasteiger partial charge >= 0.3 is 0 Å². The van der Waals surface area contributed by atoms with Crippen LogP contribution in [-0.4, -0.2) is 20.1 Å². The van der Waals surface area contributed by atoms with Gasteiger partial charge in [0, 0.05) is 24.5 Å². The fourth-order valence-electron chi connectivity index (χ4n) is 3.29. The molecule has 2 aliphatic rings. The van der Waals surface area contributed by atoms with E-state index in [-0.39, 0.29) is 0 Å². The van der Waals surface area contributed by atoms with E-state index in [0.717, 1.165) is 17.3 Å². The van der Waals surface area contributed by atoms with Crippen molar-refractivity contribution < 1.29 is 0 Å². The standard InChI is InChI=1S/C13H16Cl2N2/c1-17-7-13(2-3-13)10(6-16)9-4-8(14)5-11(15)12(9)17/h4-5,10H,2-3,6-7,16H2,1H3. The maximum absolute atomic E-state index is 6.31. The third kappa shape index (κ3) is 1.66. The van der Waals surface area contributed by atoms with Crippen LogP contribution in [0.5, 0.6) is 0 Å². The Balaban J connectivity index is 2.18. The van der Waals surface area contributed by atoms with Crippen molar-refractivity contribution in [3.8, 4) is 0 Å². The molecule has 1 unspecified atom stereocenters. The lowest BCUT2D eigenvalue weighted by molar-refractivity contribution is 0.391. The summed E-state index contributed by atoms with van der Waals surface area (Å²) in [4.78, 5) is 2.26. The van der Waals surface area contributed by atoms with Crippen molar-refractivity contribution in [2.75, 3.05) is 25.0 Å². The van der Waals surface area contributed by atoms with Gasteiger partial charge in [-0.15, -0.1) is 0 Å². The normalized spacial score (nSPS) is 24.9. The van der Waals surface area contributed by atoms with Crippen LogP contribution in [0, 0.1) is 5.41 Å². The van der Waals surface area contributed by atoms with Gasteiger partial charge in [0.15, 0.2) is 0 Å². The molecule has 1 atom stereocenters. The number of nitrogens with zero attached hydrogens (tertiary/aromatic N) is 1. The highest BCUT2D eigenvalue weighted by molar-refractivity contribution is 6.36. The molecule has 1 heterocycles. The zero-order valence-corrected chi connectivity index (χ0v) is 11.4. The maximum atomic E-state index is 6.31. The molecule has 1 fully saturated rings. The molecule has 0 saturated heterocycles. The number of anilines is 1. The molecular formula is C13H16Cl2N2. The van der Waals surface area contributed by atoms with E-state index in [9.17, 15) is 0 Å². The van der Waals surface area contributed by atoms with Gasteiger partial charge in [-0.25, -0.2) is 0 Å². The predicted molar refractivity (Wildman–Crippen MR) is 73.2 cm³/mol. The number of rotatable bonds is 1. The van der Waals surface area contributed by atoms with Crippen LogP contribution in [-0.2, 0) is 0 Å². The average molecular weight is 271 g/mol. The van der Waals surface area contributed by atoms with Gasteiger partial charge < -0.3 is 10.6 Å². The third-order valence-corrected chi connectivity index (χ3v) is 4.74. The SMILES string of the molecule is CN1CC2(CC2)C(CN)c2cc(Cl)cc(Cl)c21. The molecule has 0 aromatic heterocycles. The van der Waals surface area contributed by atoms with Gasteiger partial charge in [-0.3, -0.25) is 0 Å². The van der Waals surface area contributed by atoms with Crippen molar-refractivity contribution in [2.45, 2.75) is 18.8 Å². The Bertz CT molecular complexity index is 469. The number of fused-ring (bicyclic) bond motifs is 1. The van der Waals surface area contributed by atoms with E-state index in [0.29, 0.717) is 22.9 Å². The van der Waals surface area contributed by atoms with E-state index in [4.69, 9.17) is 28.9 Å². The van der Waals surface area contributed by atoms with Crippen LogP contribution in [0.15, 0.2) is 12.1 Å². The molecule has 0 radical (unpaired) electrons. The van der Waals surface area contributed by atoms with Gasteiger partial charge in [0.1, 0.15) is 0 Å². The fourth-order valence-corrected chi connectivity index (χ4v) is 3.94. The average Bonchev–Trinajstić information content (AvgIpc) is 2.97. The Morgan fingerprint density at radius 2 is 2.12 bits per heavy atom. The van der Waals surface area contributed by atoms with Crippen LogP contribution >= 0.6 is 23.2 Å². The molecule has 17 heavy (non-hydrogen) atoms. The Morgan fingerprint density at radius 3 is 2.71 bits per heavy atom. The maximum Gasteiger partial charge on any atom is 0.0657 e. The predicted octanol–water partition coefficient (Wildman–Crippen LogP) is 3.27. The Hall–Kier alpha value is -0.440. The molecule has 3 rings (SSSR count). The van der Waals surface area contributed by atoms with E-state index >= 15 is 0 Å². The van der Waals surface area contributed by atoms with Crippen LogP contribution in [0.25, 0.3) is 0 Å². The molecule has 2 nitrogen and oxygen atoms in total. The molecule has 92 valence electrons. The second kappa shape index (κ2) is 3.78. The number of hydrogen-bond donors (Lipinski definition) is 1. The highest BCUT2D eigenvalue weighted by Crippen LogP contribution is 2.61. The summed E-state index contributed by atoms with van der Waals surface area (Å²) >= 11 is 12.4. The van der Waals surface area contributed by atoms with Gasteiger partial charge in [0.05, 0.1) is 10.7 Å². The lowest BCUT2D eigenvalue weighted by atomic mass is 9.78. The highest BCUT2D eigenvalue weighted by atomic mass is 35.5. The lowest BCUT2D eigenvalue weighted by Crippen LogP contribution is -2.39. The van der Waals surface area contributed by atoms with Gasteiger partial charge in [-0.1, -0.05) is 23.2 Å². The molecule has 1 saturated carbocycles. The second-order valence-corrected chi connectivity index (χ2v) is 6.18. The summed E-state index contributed by atoms with van der Waals surface area (Å²) in [5, 5.41) is 1.45. The summed E-state index contributed by atoms with van der Waals surface area (Å²) in [6.45, 7) is 1.74. The molecule has 4 heteroatoms. The molecule has 0 amide bonds. The first-order chi connectivity index (χ1) is 8.07. The van der Waals surface area contributed by atoms with Crippen molar-refractivity contribution >= 4 is 28.9 Å². The molecule has 1 aromatic carbocycles. The van der Waals surface area contributed by atoms with Gasteiger partial charge in [0.25, 0.3) is 0 Å². The fraction of sp³-hybridized carbons (Fsp3) is 0.538. The van der Waals surface area contributed by atoms with Crippen LogP contribution < -0.4 is 10.6 Å². The van der Waals surface area contributed by atoms with E-state index in [1.807, 2.05) is 12.1 Å². The second-order valence-electron chi connectivity index (χ2n) is 5.33. The van der Waals surface area contributed by atoms with E-state index in [1.165, 1.54) is 18.4 Å².